The Labute approximate surface area is 180 Å². The first-order valence-corrected chi connectivity index (χ1v) is 9.51. The van der Waals surface area contributed by atoms with Crippen LogP contribution >= 0.6 is 34.8 Å². The van der Waals surface area contributed by atoms with Gasteiger partial charge < -0.3 is 28.4 Å². The van der Waals surface area contributed by atoms with E-state index in [9.17, 15) is 19.2 Å². The number of carbonyl (C=O) groups is 4. The van der Waals surface area contributed by atoms with Gasteiger partial charge in [0, 0.05) is 27.7 Å². The number of esters is 4. The van der Waals surface area contributed by atoms with Crippen LogP contribution in [-0.4, -0.2) is 70.6 Å². The van der Waals surface area contributed by atoms with Gasteiger partial charge in [-0.05, 0) is 0 Å². The van der Waals surface area contributed by atoms with Crippen molar-refractivity contribution in [3.63, 3.8) is 0 Å². The standard InChI is InChI=1S/C16H19Cl3O10/c1-5(20)24-9-10(25-6(2)21)12(27-8(4)23)14-13(11(9)26-7(3)22)28-15(29-14)16(17,18)19/h9-15H,1-4H3/t9-,10+,11+,12-,13-,14+,15?. The Morgan fingerprint density at radius 3 is 1.14 bits per heavy atom. The molecule has 13 heteroatoms. The van der Waals surface area contributed by atoms with E-state index in [1.807, 2.05) is 0 Å². The lowest BCUT2D eigenvalue weighted by Gasteiger charge is -2.44. The Morgan fingerprint density at radius 2 is 0.897 bits per heavy atom. The molecule has 1 aliphatic carbocycles. The van der Waals surface area contributed by atoms with Crippen molar-refractivity contribution >= 4 is 58.7 Å². The van der Waals surface area contributed by atoms with Gasteiger partial charge in [0.15, 0.2) is 24.4 Å². The maximum absolute atomic E-state index is 11.7. The minimum absolute atomic E-state index is 0.751. The highest BCUT2D eigenvalue weighted by Gasteiger charge is 2.64. The van der Waals surface area contributed by atoms with Crippen LogP contribution in [0.1, 0.15) is 27.7 Å². The fourth-order valence-electron chi connectivity index (χ4n) is 3.21. The third kappa shape index (κ3) is 5.85. The Morgan fingerprint density at radius 1 is 0.621 bits per heavy atom. The van der Waals surface area contributed by atoms with Gasteiger partial charge in [0.05, 0.1) is 0 Å². The fourth-order valence-corrected chi connectivity index (χ4v) is 3.51. The van der Waals surface area contributed by atoms with E-state index in [0.29, 0.717) is 0 Å². The van der Waals surface area contributed by atoms with Crippen molar-refractivity contribution in [3.05, 3.63) is 0 Å². The number of rotatable bonds is 4. The van der Waals surface area contributed by atoms with E-state index in [4.69, 9.17) is 63.2 Å². The van der Waals surface area contributed by atoms with Gasteiger partial charge >= 0.3 is 23.9 Å². The minimum atomic E-state index is -2.05. The van der Waals surface area contributed by atoms with Crippen molar-refractivity contribution in [2.45, 2.75) is 74.4 Å². The molecular formula is C16H19Cl3O10. The number of carbonyl (C=O) groups excluding carboxylic acids is 4. The van der Waals surface area contributed by atoms with E-state index in [2.05, 4.69) is 0 Å². The van der Waals surface area contributed by atoms with Gasteiger partial charge in [-0.15, -0.1) is 0 Å². The van der Waals surface area contributed by atoms with Crippen molar-refractivity contribution in [1.82, 2.24) is 0 Å². The number of alkyl halides is 3. The number of hydrogen-bond acceptors (Lipinski definition) is 10. The van der Waals surface area contributed by atoms with E-state index >= 15 is 0 Å². The molecule has 0 aromatic rings. The molecule has 0 radical (unpaired) electrons. The maximum Gasteiger partial charge on any atom is 0.303 e. The molecular weight excluding hydrogens is 459 g/mol. The maximum atomic E-state index is 11.7. The summed E-state index contributed by atoms with van der Waals surface area (Å²) in [6.45, 7) is 4.42. The highest BCUT2D eigenvalue weighted by Crippen LogP contribution is 2.44. The van der Waals surface area contributed by atoms with Gasteiger partial charge in [-0.1, -0.05) is 34.8 Å². The molecule has 1 unspecified atom stereocenters. The topological polar surface area (TPSA) is 124 Å². The second-order valence-electron chi connectivity index (χ2n) is 6.37. The van der Waals surface area contributed by atoms with E-state index in [1.165, 1.54) is 0 Å². The van der Waals surface area contributed by atoms with Crippen molar-refractivity contribution in [2.24, 2.45) is 0 Å². The predicted octanol–water partition coefficient (Wildman–Crippen LogP) is 1.21. The quantitative estimate of drug-likeness (QED) is 0.331. The van der Waals surface area contributed by atoms with Crippen LogP contribution < -0.4 is 0 Å². The van der Waals surface area contributed by atoms with E-state index in [1.54, 1.807) is 0 Å². The third-order valence-corrected chi connectivity index (χ3v) is 4.51. The Hall–Kier alpha value is -1.33. The summed E-state index contributed by atoms with van der Waals surface area (Å²) < 4.78 is 30.2. The molecule has 0 bridgehead atoms. The molecule has 2 rings (SSSR count). The second-order valence-corrected chi connectivity index (χ2v) is 8.74. The lowest BCUT2D eigenvalue weighted by atomic mass is 9.84. The summed E-state index contributed by atoms with van der Waals surface area (Å²) in [6, 6.07) is 0. The molecule has 7 atom stereocenters. The highest BCUT2D eigenvalue weighted by atomic mass is 35.6. The summed E-state index contributed by atoms with van der Waals surface area (Å²) in [7, 11) is 0. The predicted molar refractivity (Wildman–Crippen MR) is 96.0 cm³/mol. The molecule has 1 saturated heterocycles. The first-order chi connectivity index (χ1) is 13.3. The molecule has 2 aliphatic rings. The van der Waals surface area contributed by atoms with Gasteiger partial charge in [0.2, 0.25) is 10.1 Å². The Balaban J connectivity index is 2.54. The lowest BCUT2D eigenvalue weighted by molar-refractivity contribution is -0.234. The smallest absolute Gasteiger partial charge is 0.303 e. The highest BCUT2D eigenvalue weighted by molar-refractivity contribution is 6.67. The summed E-state index contributed by atoms with van der Waals surface area (Å²) in [4.78, 5) is 46.7. The zero-order valence-electron chi connectivity index (χ0n) is 15.8. The molecule has 2 fully saturated rings. The van der Waals surface area contributed by atoms with Gasteiger partial charge in [-0.25, -0.2) is 0 Å². The second kappa shape index (κ2) is 9.22. The van der Waals surface area contributed by atoms with Gasteiger partial charge in [0.1, 0.15) is 12.2 Å². The van der Waals surface area contributed by atoms with Crippen LogP contribution in [0.15, 0.2) is 0 Å². The minimum Gasteiger partial charge on any atom is -0.456 e. The number of halogens is 3. The molecule has 164 valence electrons. The van der Waals surface area contributed by atoms with Crippen LogP contribution in [0.4, 0.5) is 0 Å². The number of hydrogen-bond donors (Lipinski definition) is 0. The molecule has 0 aromatic heterocycles. The Kier molecular flexibility index (Phi) is 7.61. The number of fused-ring (bicyclic) bond motifs is 1. The van der Waals surface area contributed by atoms with Crippen LogP contribution in [0.5, 0.6) is 0 Å². The van der Waals surface area contributed by atoms with Crippen molar-refractivity contribution in [3.8, 4) is 0 Å². The zero-order valence-corrected chi connectivity index (χ0v) is 18.0. The van der Waals surface area contributed by atoms with Crippen molar-refractivity contribution < 1.29 is 47.6 Å². The normalized spacial score (nSPS) is 34.0. The molecule has 10 nitrogen and oxygen atoms in total. The van der Waals surface area contributed by atoms with Crippen LogP contribution in [0.3, 0.4) is 0 Å². The molecule has 0 amide bonds. The summed E-state index contributed by atoms with van der Waals surface area (Å²) >= 11 is 17.5. The third-order valence-electron chi connectivity index (χ3n) is 3.98. The lowest BCUT2D eigenvalue weighted by Crippen LogP contribution is -2.66. The van der Waals surface area contributed by atoms with Crippen LogP contribution in [-0.2, 0) is 47.6 Å². The van der Waals surface area contributed by atoms with E-state index in [-0.39, 0.29) is 0 Å². The first kappa shape index (κ1) is 23.9. The van der Waals surface area contributed by atoms with Crippen molar-refractivity contribution in [1.29, 1.82) is 0 Å². The summed E-state index contributed by atoms with van der Waals surface area (Å²) in [6.07, 6.45) is -9.16. The fraction of sp³-hybridized carbons (Fsp3) is 0.750. The monoisotopic (exact) mass is 476 g/mol. The number of ether oxygens (including phenoxy) is 6. The SMILES string of the molecule is CC(=O)O[C@@H]1[C@H](OC(C)=O)[C@@H](OC(C)=O)[C@@H]2OC(C(Cl)(Cl)Cl)O[C@@H]2[C@H]1OC(C)=O. The van der Waals surface area contributed by atoms with Gasteiger partial charge in [-0.3, -0.25) is 19.2 Å². The molecule has 0 N–H and O–H groups in total. The molecule has 29 heavy (non-hydrogen) atoms. The van der Waals surface area contributed by atoms with Crippen LogP contribution in [0.25, 0.3) is 0 Å². The summed E-state index contributed by atoms with van der Waals surface area (Å²) in [5, 5.41) is 0. The van der Waals surface area contributed by atoms with Crippen molar-refractivity contribution in [2.75, 3.05) is 0 Å². The largest absolute Gasteiger partial charge is 0.456 e. The molecule has 0 spiro atoms. The average molecular weight is 478 g/mol. The van der Waals surface area contributed by atoms with Gasteiger partial charge in [0.25, 0.3) is 0 Å². The van der Waals surface area contributed by atoms with Gasteiger partial charge in [-0.2, -0.15) is 0 Å². The molecule has 1 heterocycles. The van der Waals surface area contributed by atoms with Crippen LogP contribution in [0.2, 0.25) is 0 Å². The van der Waals surface area contributed by atoms with Crippen LogP contribution in [0, 0.1) is 0 Å². The molecule has 0 aromatic carbocycles. The molecule has 1 saturated carbocycles. The Bertz CT molecular complexity index is 628. The zero-order chi connectivity index (χ0) is 22.1. The summed E-state index contributed by atoms with van der Waals surface area (Å²) in [5.74, 6) is -3.05. The summed E-state index contributed by atoms with van der Waals surface area (Å²) in [5.41, 5.74) is 0. The molecule has 1 aliphatic heterocycles. The van der Waals surface area contributed by atoms with E-state index in [0.717, 1.165) is 27.7 Å². The van der Waals surface area contributed by atoms with E-state index < -0.39 is 70.6 Å². The first-order valence-electron chi connectivity index (χ1n) is 8.37. The average Bonchev–Trinajstić information content (AvgIpc) is 2.97.